The van der Waals surface area contributed by atoms with E-state index >= 15 is 0 Å². The minimum absolute atomic E-state index is 0.0671. The van der Waals surface area contributed by atoms with Gasteiger partial charge in [-0.3, -0.25) is 9.59 Å². The largest absolute Gasteiger partial charge is 0.356 e. The smallest absolute Gasteiger partial charge is 0.227 e. The number of para-hydroxylation sites is 1. The third-order valence-electron chi connectivity index (χ3n) is 6.12. The predicted molar refractivity (Wildman–Crippen MR) is 123 cm³/mol. The van der Waals surface area contributed by atoms with E-state index in [1.807, 2.05) is 24.5 Å². The highest BCUT2D eigenvalue weighted by Crippen LogP contribution is 2.34. The van der Waals surface area contributed by atoms with Crippen LogP contribution in [0.2, 0.25) is 5.02 Å². The van der Waals surface area contributed by atoms with Crippen LogP contribution in [0.4, 0.5) is 5.69 Å². The van der Waals surface area contributed by atoms with Gasteiger partial charge in [0.15, 0.2) is 5.16 Å². The molecule has 4 rings (SSSR count). The van der Waals surface area contributed by atoms with Crippen molar-refractivity contribution in [3.05, 3.63) is 35.1 Å². The predicted octanol–water partition coefficient (Wildman–Crippen LogP) is 3.87. The molecule has 2 aliphatic rings. The van der Waals surface area contributed by atoms with Crippen LogP contribution in [0, 0.1) is 5.92 Å². The molecule has 1 N–H and O–H groups in total. The van der Waals surface area contributed by atoms with Gasteiger partial charge in [-0.05, 0) is 37.7 Å². The van der Waals surface area contributed by atoms with Crippen LogP contribution in [-0.4, -0.2) is 45.9 Å². The van der Waals surface area contributed by atoms with Gasteiger partial charge < -0.3 is 14.8 Å². The quantitative estimate of drug-likeness (QED) is 0.476. The molecule has 2 amide bonds. The number of nitrogens with zero attached hydrogens (tertiary/aromatic N) is 4. The maximum Gasteiger partial charge on any atom is 0.227 e. The highest BCUT2D eigenvalue weighted by atomic mass is 35.5. The molecule has 1 aliphatic carbocycles. The fourth-order valence-corrected chi connectivity index (χ4v) is 5.35. The number of benzene rings is 1. The second-order valence-electron chi connectivity index (χ2n) is 8.16. The van der Waals surface area contributed by atoms with Crippen molar-refractivity contribution in [3.8, 4) is 0 Å². The lowest BCUT2D eigenvalue weighted by molar-refractivity contribution is -0.126. The van der Waals surface area contributed by atoms with Crippen molar-refractivity contribution in [2.45, 2.75) is 56.1 Å². The van der Waals surface area contributed by atoms with Crippen molar-refractivity contribution in [2.24, 2.45) is 5.92 Å². The average Bonchev–Trinajstić information content (AvgIpc) is 3.51. The summed E-state index contributed by atoms with van der Waals surface area (Å²) in [6.45, 7) is 0.920. The van der Waals surface area contributed by atoms with Crippen molar-refractivity contribution < 1.29 is 9.59 Å². The van der Waals surface area contributed by atoms with Gasteiger partial charge >= 0.3 is 0 Å². The molecule has 2 fully saturated rings. The highest BCUT2D eigenvalue weighted by molar-refractivity contribution is 7.98. The first kappa shape index (κ1) is 22.1. The van der Waals surface area contributed by atoms with E-state index < -0.39 is 0 Å². The molecular formula is C22H28ClN5O2S. The first-order valence-corrected chi connectivity index (χ1v) is 12.5. The number of hydrogen-bond donors (Lipinski definition) is 1. The van der Waals surface area contributed by atoms with Crippen LogP contribution in [0.5, 0.6) is 0 Å². The molecule has 31 heavy (non-hydrogen) atoms. The Labute approximate surface area is 191 Å². The molecular weight excluding hydrogens is 434 g/mol. The molecule has 9 heteroatoms. The first-order chi connectivity index (χ1) is 15.1. The maximum atomic E-state index is 12.6. The molecule has 7 nitrogen and oxygen atoms in total. The van der Waals surface area contributed by atoms with Crippen molar-refractivity contribution in [2.75, 3.05) is 24.2 Å². The molecule has 1 aromatic heterocycles. The molecule has 166 valence electrons. The fraction of sp³-hybridized carbons (Fsp3) is 0.545. The number of carbonyl (C=O) groups is 2. The summed E-state index contributed by atoms with van der Waals surface area (Å²) >= 11 is 7.86. The SMILES string of the molecule is CSc1nnc(CCCNC(=O)C2CC(=O)N(c3ccccc3Cl)C2)n1C1CCCC1. The Morgan fingerprint density at radius 2 is 2.03 bits per heavy atom. The summed E-state index contributed by atoms with van der Waals surface area (Å²) in [4.78, 5) is 26.7. The zero-order valence-electron chi connectivity index (χ0n) is 17.7. The monoisotopic (exact) mass is 461 g/mol. The van der Waals surface area contributed by atoms with Gasteiger partial charge in [-0.2, -0.15) is 0 Å². The summed E-state index contributed by atoms with van der Waals surface area (Å²) in [5.41, 5.74) is 0.667. The first-order valence-electron chi connectivity index (χ1n) is 10.9. The van der Waals surface area contributed by atoms with Crippen LogP contribution in [-0.2, 0) is 16.0 Å². The van der Waals surface area contributed by atoms with Gasteiger partial charge in [0.1, 0.15) is 5.82 Å². The summed E-state index contributed by atoms with van der Waals surface area (Å²) in [5.74, 6) is 0.507. The second-order valence-corrected chi connectivity index (χ2v) is 9.34. The van der Waals surface area contributed by atoms with Gasteiger partial charge in [-0.25, -0.2) is 0 Å². The van der Waals surface area contributed by atoms with E-state index in [0.29, 0.717) is 29.8 Å². The number of hydrogen-bond acceptors (Lipinski definition) is 5. The minimum Gasteiger partial charge on any atom is -0.356 e. The van der Waals surface area contributed by atoms with Crippen molar-refractivity contribution in [3.63, 3.8) is 0 Å². The van der Waals surface area contributed by atoms with E-state index in [-0.39, 0.29) is 24.2 Å². The van der Waals surface area contributed by atoms with Crippen molar-refractivity contribution in [1.82, 2.24) is 20.1 Å². The van der Waals surface area contributed by atoms with Gasteiger partial charge in [0.05, 0.1) is 16.6 Å². The Hall–Kier alpha value is -2.06. The standard InChI is InChI=1S/C22H28ClN5O2S/c1-31-22-26-25-19(28(22)16-7-2-3-8-16)11-6-12-24-21(30)15-13-20(29)27(14-15)18-10-5-4-9-17(18)23/h4-5,9-10,15-16H,2-3,6-8,11-14H2,1H3,(H,24,30). The maximum absolute atomic E-state index is 12.6. The number of amides is 2. The lowest BCUT2D eigenvalue weighted by Crippen LogP contribution is -2.33. The van der Waals surface area contributed by atoms with E-state index in [0.717, 1.165) is 23.8 Å². The second kappa shape index (κ2) is 10.0. The van der Waals surface area contributed by atoms with Crippen LogP contribution in [0.3, 0.4) is 0 Å². The van der Waals surface area contributed by atoms with Crippen LogP contribution < -0.4 is 10.2 Å². The molecule has 1 aliphatic heterocycles. The fourth-order valence-electron chi connectivity index (χ4n) is 4.54. The van der Waals surface area contributed by atoms with E-state index in [9.17, 15) is 9.59 Å². The van der Waals surface area contributed by atoms with E-state index in [2.05, 4.69) is 20.1 Å². The Morgan fingerprint density at radius 1 is 1.26 bits per heavy atom. The zero-order chi connectivity index (χ0) is 21.8. The van der Waals surface area contributed by atoms with E-state index in [1.165, 1.54) is 25.7 Å². The van der Waals surface area contributed by atoms with Crippen molar-refractivity contribution >= 4 is 40.9 Å². The number of anilines is 1. The molecule has 0 bridgehead atoms. The van der Waals surface area contributed by atoms with Gasteiger partial charge in [0, 0.05) is 32.0 Å². The van der Waals surface area contributed by atoms with Crippen LogP contribution >= 0.6 is 23.4 Å². The molecule has 1 saturated carbocycles. The summed E-state index contributed by atoms with van der Waals surface area (Å²) in [6.07, 6.45) is 8.72. The Bertz CT molecular complexity index is 944. The minimum atomic E-state index is -0.353. The number of aryl methyl sites for hydroxylation is 1. The van der Waals surface area contributed by atoms with E-state index in [4.69, 9.17) is 11.6 Å². The molecule has 0 spiro atoms. The topological polar surface area (TPSA) is 80.1 Å². The normalized spacial score (nSPS) is 19.4. The Balaban J connectivity index is 1.28. The van der Waals surface area contributed by atoms with Gasteiger partial charge in [-0.1, -0.05) is 48.3 Å². The number of halogens is 1. The Morgan fingerprint density at radius 3 is 2.77 bits per heavy atom. The lowest BCUT2D eigenvalue weighted by Gasteiger charge is -2.18. The molecule has 1 atom stereocenters. The molecule has 1 saturated heterocycles. The molecule has 1 aromatic carbocycles. The summed E-state index contributed by atoms with van der Waals surface area (Å²) in [7, 11) is 0. The van der Waals surface area contributed by atoms with Crippen LogP contribution in [0.15, 0.2) is 29.4 Å². The van der Waals surface area contributed by atoms with Crippen LogP contribution in [0.25, 0.3) is 0 Å². The lowest BCUT2D eigenvalue weighted by atomic mass is 10.1. The number of rotatable bonds is 8. The average molecular weight is 462 g/mol. The number of carbonyl (C=O) groups excluding carboxylic acids is 2. The highest BCUT2D eigenvalue weighted by Gasteiger charge is 2.35. The third kappa shape index (κ3) is 4.90. The molecule has 0 radical (unpaired) electrons. The number of thioether (sulfide) groups is 1. The third-order valence-corrected chi connectivity index (χ3v) is 7.09. The molecule has 2 aromatic rings. The number of nitrogens with one attached hydrogen (secondary N) is 1. The molecule has 2 heterocycles. The number of aromatic nitrogens is 3. The summed E-state index contributed by atoms with van der Waals surface area (Å²) in [5, 5.41) is 13.2. The van der Waals surface area contributed by atoms with Crippen molar-refractivity contribution in [1.29, 1.82) is 0 Å². The Kier molecular flexibility index (Phi) is 7.17. The zero-order valence-corrected chi connectivity index (χ0v) is 19.3. The van der Waals surface area contributed by atoms with Crippen LogP contribution in [0.1, 0.15) is 50.4 Å². The summed E-state index contributed by atoms with van der Waals surface area (Å²) < 4.78 is 2.30. The summed E-state index contributed by atoms with van der Waals surface area (Å²) in [6, 6.07) is 7.73. The van der Waals surface area contributed by atoms with Gasteiger partial charge in [0.2, 0.25) is 11.8 Å². The molecule has 1 unspecified atom stereocenters. The van der Waals surface area contributed by atoms with E-state index in [1.54, 1.807) is 22.7 Å². The van der Waals surface area contributed by atoms with Gasteiger partial charge in [0.25, 0.3) is 0 Å². The van der Waals surface area contributed by atoms with Gasteiger partial charge in [-0.15, -0.1) is 10.2 Å².